The predicted molar refractivity (Wildman–Crippen MR) is 99.8 cm³/mol. The minimum atomic E-state index is -2.22. The van der Waals surface area contributed by atoms with Crippen molar-refractivity contribution in [1.82, 2.24) is 4.90 Å². The maximum Gasteiger partial charge on any atom is 0.441 e. The molecule has 0 heterocycles. The van der Waals surface area contributed by atoms with Crippen molar-refractivity contribution in [3.05, 3.63) is 0 Å². The second kappa shape index (κ2) is 8.65. The number of aliphatic hydroxyl groups is 1. The molecule has 0 aliphatic rings. The van der Waals surface area contributed by atoms with E-state index < -0.39 is 26.7 Å². The first-order valence-corrected chi connectivity index (χ1v) is 11.7. The molecule has 0 aliphatic carbocycles. The third-order valence-electron chi connectivity index (χ3n) is 4.74. The van der Waals surface area contributed by atoms with Crippen LogP contribution in [0.3, 0.4) is 0 Å². The molecule has 0 spiro atoms. The highest BCUT2D eigenvalue weighted by atomic mass is 28.4. The highest BCUT2D eigenvalue weighted by Gasteiger charge is 2.41. The van der Waals surface area contributed by atoms with Crippen LogP contribution in [0.1, 0.15) is 61.3 Å². The number of hydrogen-bond donors (Lipinski definition) is 2. The van der Waals surface area contributed by atoms with Gasteiger partial charge in [0.2, 0.25) is 0 Å². The average Bonchev–Trinajstić information content (AvgIpc) is 2.40. The Labute approximate surface area is 148 Å². The Kier molecular flexibility index (Phi) is 8.42. The van der Waals surface area contributed by atoms with Gasteiger partial charge in [-0.1, -0.05) is 48.0 Å². The standard InChI is InChI=1S/C17H38N2O4Si/c1-10-11-17(6,7)12-19(14(18)13(2)20)15(21)22-23-24(8,9)16(3,4)5/h13-14,20H,10-12,18H2,1-9H3. The smallest absolute Gasteiger partial charge is 0.390 e. The van der Waals surface area contributed by atoms with Gasteiger partial charge in [0.15, 0.2) is 0 Å². The quantitative estimate of drug-likeness (QED) is 0.296. The molecule has 0 radical (unpaired) electrons. The zero-order valence-corrected chi connectivity index (χ0v) is 18.0. The lowest BCUT2D eigenvalue weighted by Crippen LogP contribution is -2.55. The summed E-state index contributed by atoms with van der Waals surface area (Å²) in [4.78, 5) is 19.1. The van der Waals surface area contributed by atoms with Crippen LogP contribution in [0.25, 0.3) is 0 Å². The van der Waals surface area contributed by atoms with E-state index in [2.05, 4.69) is 41.5 Å². The lowest BCUT2D eigenvalue weighted by atomic mass is 9.87. The predicted octanol–water partition coefficient (Wildman–Crippen LogP) is 3.85. The lowest BCUT2D eigenvalue weighted by molar-refractivity contribution is -0.174. The van der Waals surface area contributed by atoms with E-state index in [1.807, 2.05) is 13.1 Å². The van der Waals surface area contributed by atoms with Crippen LogP contribution < -0.4 is 5.73 Å². The van der Waals surface area contributed by atoms with Crippen LogP contribution in [0.5, 0.6) is 0 Å². The molecular formula is C17H38N2O4Si. The maximum atomic E-state index is 12.6. The summed E-state index contributed by atoms with van der Waals surface area (Å²) in [5, 5.41) is 9.74. The monoisotopic (exact) mass is 362 g/mol. The normalized spacial score (nSPS) is 15.8. The second-order valence-electron chi connectivity index (χ2n) is 8.97. The number of nitrogens with two attached hydrogens (primary N) is 1. The summed E-state index contributed by atoms with van der Waals surface area (Å²) in [6.45, 7) is 18.4. The number of aliphatic hydroxyl groups excluding tert-OH is 1. The van der Waals surface area contributed by atoms with Gasteiger partial charge in [-0.25, -0.2) is 9.37 Å². The number of amides is 1. The fourth-order valence-electron chi connectivity index (χ4n) is 2.08. The zero-order chi connectivity index (χ0) is 19.3. The SMILES string of the molecule is CCCC(C)(C)CN(C(=O)OO[Si](C)(C)C(C)(C)C)C(N)C(C)O. The number of nitrogens with zero attached hydrogens (tertiary/aromatic N) is 1. The van der Waals surface area contributed by atoms with Crippen molar-refractivity contribution in [2.75, 3.05) is 6.54 Å². The van der Waals surface area contributed by atoms with Crippen molar-refractivity contribution >= 4 is 14.4 Å². The molecule has 0 saturated heterocycles. The molecule has 0 bridgehead atoms. The molecule has 0 aromatic heterocycles. The van der Waals surface area contributed by atoms with E-state index in [4.69, 9.17) is 15.2 Å². The fourth-order valence-corrected chi connectivity index (χ4v) is 2.61. The summed E-state index contributed by atoms with van der Waals surface area (Å²) >= 11 is 0. The summed E-state index contributed by atoms with van der Waals surface area (Å²) in [5.41, 5.74) is 5.89. The van der Waals surface area contributed by atoms with Gasteiger partial charge < -0.3 is 10.8 Å². The van der Waals surface area contributed by atoms with Gasteiger partial charge in [0.1, 0.15) is 6.17 Å². The van der Waals surface area contributed by atoms with Gasteiger partial charge in [-0.2, -0.15) is 0 Å². The van der Waals surface area contributed by atoms with Crippen molar-refractivity contribution in [2.24, 2.45) is 11.1 Å². The van der Waals surface area contributed by atoms with Gasteiger partial charge in [0, 0.05) is 6.54 Å². The first kappa shape index (κ1) is 23.4. The summed E-state index contributed by atoms with van der Waals surface area (Å²) in [7, 11) is -2.22. The van der Waals surface area contributed by atoms with Crippen molar-refractivity contribution in [1.29, 1.82) is 0 Å². The van der Waals surface area contributed by atoms with Gasteiger partial charge in [0.25, 0.3) is 8.32 Å². The van der Waals surface area contributed by atoms with Crippen molar-refractivity contribution in [3.8, 4) is 0 Å². The van der Waals surface area contributed by atoms with Gasteiger partial charge in [-0.05, 0) is 36.9 Å². The van der Waals surface area contributed by atoms with E-state index in [1.54, 1.807) is 6.92 Å². The molecule has 0 aliphatic heterocycles. The Bertz CT molecular complexity index is 406. The molecular weight excluding hydrogens is 324 g/mol. The lowest BCUT2D eigenvalue weighted by Gasteiger charge is -2.38. The van der Waals surface area contributed by atoms with Gasteiger partial charge >= 0.3 is 6.09 Å². The first-order chi connectivity index (χ1) is 10.6. The highest BCUT2D eigenvalue weighted by molar-refractivity contribution is 6.73. The Morgan fingerprint density at radius 3 is 2.12 bits per heavy atom. The van der Waals surface area contributed by atoms with Crippen molar-refractivity contribution in [3.63, 3.8) is 0 Å². The Balaban J connectivity index is 5.13. The number of carbonyl (C=O) groups is 1. The molecule has 0 rings (SSSR count). The van der Waals surface area contributed by atoms with Crippen LogP contribution in [0.15, 0.2) is 0 Å². The van der Waals surface area contributed by atoms with E-state index in [1.165, 1.54) is 4.90 Å². The van der Waals surface area contributed by atoms with Crippen LogP contribution in [-0.2, 0) is 9.46 Å². The molecule has 7 heteroatoms. The molecule has 0 saturated carbocycles. The van der Waals surface area contributed by atoms with Crippen LogP contribution in [0, 0.1) is 5.41 Å². The summed E-state index contributed by atoms with van der Waals surface area (Å²) in [5.74, 6) is 0. The molecule has 0 aromatic rings. The molecule has 144 valence electrons. The van der Waals surface area contributed by atoms with E-state index in [9.17, 15) is 9.90 Å². The molecule has 0 aromatic carbocycles. The van der Waals surface area contributed by atoms with Crippen LogP contribution in [0.2, 0.25) is 18.1 Å². The fraction of sp³-hybridized carbons (Fsp3) is 0.941. The summed E-state index contributed by atoms with van der Waals surface area (Å²) < 4.78 is 5.55. The van der Waals surface area contributed by atoms with E-state index >= 15 is 0 Å². The molecule has 1 amide bonds. The molecule has 24 heavy (non-hydrogen) atoms. The third kappa shape index (κ3) is 7.09. The van der Waals surface area contributed by atoms with E-state index in [-0.39, 0.29) is 10.5 Å². The second-order valence-corrected chi connectivity index (χ2v) is 13.7. The molecule has 3 N–H and O–H groups in total. The van der Waals surface area contributed by atoms with Crippen molar-refractivity contribution < 1.29 is 19.4 Å². The minimum Gasteiger partial charge on any atom is -0.390 e. The van der Waals surface area contributed by atoms with Crippen molar-refractivity contribution in [2.45, 2.75) is 91.7 Å². The summed E-state index contributed by atoms with van der Waals surface area (Å²) in [6, 6.07) is 0. The Hall–Kier alpha value is -0.633. The third-order valence-corrected chi connectivity index (χ3v) is 8.85. The minimum absolute atomic E-state index is 0.0774. The largest absolute Gasteiger partial charge is 0.441 e. The topological polar surface area (TPSA) is 85.0 Å². The Morgan fingerprint density at radius 1 is 1.25 bits per heavy atom. The molecule has 2 unspecified atom stereocenters. The van der Waals surface area contributed by atoms with Gasteiger partial charge in [-0.3, -0.25) is 9.79 Å². The van der Waals surface area contributed by atoms with E-state index in [0.717, 1.165) is 12.8 Å². The molecule has 2 atom stereocenters. The number of rotatable bonds is 8. The molecule has 0 fully saturated rings. The summed E-state index contributed by atoms with van der Waals surface area (Å²) in [6.07, 6.45) is -0.399. The molecule has 6 nitrogen and oxygen atoms in total. The van der Waals surface area contributed by atoms with Crippen LogP contribution >= 0.6 is 0 Å². The van der Waals surface area contributed by atoms with Crippen LogP contribution in [0.4, 0.5) is 4.79 Å². The number of carbonyl (C=O) groups excluding carboxylic acids is 1. The zero-order valence-electron chi connectivity index (χ0n) is 17.0. The van der Waals surface area contributed by atoms with Crippen LogP contribution in [-0.4, -0.2) is 43.2 Å². The van der Waals surface area contributed by atoms with Gasteiger partial charge in [0.05, 0.1) is 6.10 Å². The van der Waals surface area contributed by atoms with Gasteiger partial charge in [-0.15, -0.1) is 0 Å². The highest BCUT2D eigenvalue weighted by Crippen LogP contribution is 2.36. The number of hydrogen-bond acceptors (Lipinski definition) is 5. The first-order valence-electron chi connectivity index (χ1n) is 8.74. The average molecular weight is 363 g/mol. The maximum absolute atomic E-state index is 12.6. The van der Waals surface area contributed by atoms with E-state index in [0.29, 0.717) is 6.54 Å². The Morgan fingerprint density at radius 2 is 1.75 bits per heavy atom.